The minimum Gasteiger partial charge on any atom is -0.337 e. The number of rotatable bonds is 6. The molecule has 0 aromatic carbocycles. The van der Waals surface area contributed by atoms with Crippen molar-refractivity contribution in [2.45, 2.75) is 52.2 Å². The van der Waals surface area contributed by atoms with Crippen LogP contribution in [0.25, 0.3) is 0 Å². The molecular formula is C13H28N4O. The van der Waals surface area contributed by atoms with Crippen LogP contribution in [0.2, 0.25) is 0 Å². The summed E-state index contributed by atoms with van der Waals surface area (Å²) in [5.74, 6) is 0. The Bertz CT molecular complexity index is 241. The molecule has 0 aromatic rings. The molecule has 0 bridgehead atoms. The summed E-state index contributed by atoms with van der Waals surface area (Å²) in [5, 5.41) is 9.14. The summed E-state index contributed by atoms with van der Waals surface area (Å²) in [6, 6.07) is 1.26. The first kappa shape index (κ1) is 15.2. The van der Waals surface area contributed by atoms with Crippen LogP contribution in [0.4, 0.5) is 4.79 Å². The highest BCUT2D eigenvalue weighted by atomic mass is 16.2. The van der Waals surface area contributed by atoms with Gasteiger partial charge in [-0.25, -0.2) is 4.79 Å². The van der Waals surface area contributed by atoms with Crippen LogP contribution in [0, 0.1) is 0 Å². The maximum atomic E-state index is 11.7. The van der Waals surface area contributed by atoms with Crippen molar-refractivity contribution in [3.63, 3.8) is 0 Å². The number of hydrogen-bond acceptors (Lipinski definition) is 3. The van der Waals surface area contributed by atoms with Crippen LogP contribution >= 0.6 is 0 Å². The van der Waals surface area contributed by atoms with E-state index in [0.717, 1.165) is 26.1 Å². The Morgan fingerprint density at radius 3 is 2.50 bits per heavy atom. The van der Waals surface area contributed by atoms with Crippen molar-refractivity contribution < 1.29 is 4.79 Å². The molecule has 1 saturated heterocycles. The van der Waals surface area contributed by atoms with Crippen molar-refractivity contribution in [1.29, 1.82) is 0 Å². The molecule has 1 aliphatic heterocycles. The molecular weight excluding hydrogens is 228 g/mol. The van der Waals surface area contributed by atoms with Crippen molar-refractivity contribution in [1.82, 2.24) is 20.9 Å². The lowest BCUT2D eigenvalue weighted by Gasteiger charge is -2.30. The van der Waals surface area contributed by atoms with Gasteiger partial charge < -0.3 is 16.0 Å². The Kier molecular flexibility index (Phi) is 6.43. The molecule has 1 fully saturated rings. The average molecular weight is 256 g/mol. The number of nitrogens with zero attached hydrogens (tertiary/aromatic N) is 1. The number of urea groups is 1. The first-order chi connectivity index (χ1) is 8.50. The van der Waals surface area contributed by atoms with E-state index in [1.165, 1.54) is 0 Å². The van der Waals surface area contributed by atoms with E-state index in [4.69, 9.17) is 0 Å². The van der Waals surface area contributed by atoms with Gasteiger partial charge in [-0.15, -0.1) is 0 Å². The van der Waals surface area contributed by atoms with Gasteiger partial charge in [-0.1, -0.05) is 0 Å². The molecule has 0 saturated carbocycles. The molecule has 5 heteroatoms. The van der Waals surface area contributed by atoms with Gasteiger partial charge in [-0.3, -0.25) is 4.90 Å². The number of amides is 2. The van der Waals surface area contributed by atoms with Gasteiger partial charge in [0.1, 0.15) is 0 Å². The van der Waals surface area contributed by atoms with Gasteiger partial charge >= 0.3 is 6.03 Å². The molecule has 18 heavy (non-hydrogen) atoms. The normalized spacial score (nSPS) is 19.8. The number of hydrogen-bond donors (Lipinski definition) is 3. The maximum absolute atomic E-state index is 11.7. The molecule has 2 amide bonds. The van der Waals surface area contributed by atoms with E-state index in [2.05, 4.69) is 48.5 Å². The van der Waals surface area contributed by atoms with Gasteiger partial charge in [0.05, 0.1) is 0 Å². The molecule has 0 aromatic heterocycles. The van der Waals surface area contributed by atoms with E-state index in [1.54, 1.807) is 0 Å². The highest BCUT2D eigenvalue weighted by Gasteiger charge is 2.17. The summed E-state index contributed by atoms with van der Waals surface area (Å²) in [5.41, 5.74) is 0. The topological polar surface area (TPSA) is 56.4 Å². The zero-order chi connectivity index (χ0) is 13.5. The zero-order valence-corrected chi connectivity index (χ0v) is 12.1. The fraction of sp³-hybridized carbons (Fsp3) is 0.923. The quantitative estimate of drug-likeness (QED) is 0.658. The predicted octanol–water partition coefficient (Wildman–Crippen LogP) is 0.766. The lowest BCUT2D eigenvalue weighted by atomic mass is 10.2. The van der Waals surface area contributed by atoms with Gasteiger partial charge in [-0.05, 0) is 40.7 Å². The van der Waals surface area contributed by atoms with E-state index in [1.807, 2.05) is 0 Å². The van der Waals surface area contributed by atoms with Gasteiger partial charge in [-0.2, -0.15) is 0 Å². The van der Waals surface area contributed by atoms with Crippen molar-refractivity contribution in [3.8, 4) is 0 Å². The van der Waals surface area contributed by atoms with Crippen LogP contribution in [-0.2, 0) is 0 Å². The molecule has 1 heterocycles. The SMILES string of the molecule is CC(C)N(CCNC(=O)N[C@@H]1CCNC1)C(C)C. The molecule has 3 N–H and O–H groups in total. The minimum absolute atomic E-state index is 0.0452. The smallest absolute Gasteiger partial charge is 0.315 e. The van der Waals surface area contributed by atoms with Crippen LogP contribution in [0.1, 0.15) is 34.1 Å². The van der Waals surface area contributed by atoms with Gasteiger partial charge in [0.25, 0.3) is 0 Å². The number of nitrogens with one attached hydrogen (secondary N) is 3. The van der Waals surface area contributed by atoms with E-state index in [0.29, 0.717) is 18.6 Å². The highest BCUT2D eigenvalue weighted by Crippen LogP contribution is 2.03. The maximum Gasteiger partial charge on any atom is 0.315 e. The Hall–Kier alpha value is -0.810. The summed E-state index contributed by atoms with van der Waals surface area (Å²) < 4.78 is 0. The summed E-state index contributed by atoms with van der Waals surface area (Å²) in [6.45, 7) is 12.2. The molecule has 1 aliphatic rings. The van der Waals surface area contributed by atoms with Crippen LogP contribution < -0.4 is 16.0 Å². The monoisotopic (exact) mass is 256 g/mol. The zero-order valence-electron chi connectivity index (χ0n) is 12.1. The fourth-order valence-electron chi connectivity index (χ4n) is 2.43. The van der Waals surface area contributed by atoms with Crippen LogP contribution in [-0.4, -0.2) is 55.2 Å². The third-order valence-corrected chi connectivity index (χ3v) is 3.38. The largest absolute Gasteiger partial charge is 0.337 e. The van der Waals surface area contributed by atoms with Gasteiger partial charge in [0.2, 0.25) is 0 Å². The summed E-state index contributed by atoms with van der Waals surface area (Å²) in [6.07, 6.45) is 1.03. The second-order valence-corrected chi connectivity index (χ2v) is 5.52. The standard InChI is InChI=1S/C13H28N4O/c1-10(2)17(11(3)4)8-7-15-13(18)16-12-5-6-14-9-12/h10-12,14H,5-9H2,1-4H3,(H2,15,16,18)/t12-/m1/s1. The van der Waals surface area contributed by atoms with E-state index >= 15 is 0 Å². The molecule has 1 rings (SSSR count). The Morgan fingerprint density at radius 1 is 1.33 bits per heavy atom. The number of carbonyl (C=O) groups is 1. The first-order valence-corrected chi connectivity index (χ1v) is 7.01. The molecule has 0 radical (unpaired) electrons. The lowest BCUT2D eigenvalue weighted by molar-refractivity contribution is 0.175. The van der Waals surface area contributed by atoms with Crippen LogP contribution in [0.3, 0.4) is 0 Å². The van der Waals surface area contributed by atoms with Crippen molar-refractivity contribution in [2.75, 3.05) is 26.2 Å². The molecule has 1 atom stereocenters. The average Bonchev–Trinajstić information content (AvgIpc) is 2.75. The van der Waals surface area contributed by atoms with E-state index in [9.17, 15) is 4.79 Å². The van der Waals surface area contributed by atoms with Gasteiger partial charge in [0.15, 0.2) is 0 Å². The third kappa shape index (κ3) is 5.23. The highest BCUT2D eigenvalue weighted by molar-refractivity contribution is 5.74. The minimum atomic E-state index is -0.0452. The van der Waals surface area contributed by atoms with Crippen molar-refractivity contribution in [3.05, 3.63) is 0 Å². The summed E-state index contributed by atoms with van der Waals surface area (Å²) >= 11 is 0. The van der Waals surface area contributed by atoms with E-state index in [-0.39, 0.29) is 12.1 Å². The molecule has 5 nitrogen and oxygen atoms in total. The van der Waals surface area contributed by atoms with Crippen molar-refractivity contribution >= 4 is 6.03 Å². The molecule has 0 spiro atoms. The van der Waals surface area contributed by atoms with Gasteiger partial charge in [0, 0.05) is 37.8 Å². The first-order valence-electron chi connectivity index (χ1n) is 7.01. The third-order valence-electron chi connectivity index (χ3n) is 3.38. The molecule has 0 unspecified atom stereocenters. The Labute approximate surface area is 111 Å². The van der Waals surface area contributed by atoms with Crippen LogP contribution in [0.15, 0.2) is 0 Å². The molecule has 0 aliphatic carbocycles. The molecule has 106 valence electrons. The fourth-order valence-corrected chi connectivity index (χ4v) is 2.43. The van der Waals surface area contributed by atoms with Crippen molar-refractivity contribution in [2.24, 2.45) is 0 Å². The number of carbonyl (C=O) groups excluding carboxylic acids is 1. The van der Waals surface area contributed by atoms with Crippen LogP contribution in [0.5, 0.6) is 0 Å². The Morgan fingerprint density at radius 2 is 2.00 bits per heavy atom. The second-order valence-electron chi connectivity index (χ2n) is 5.52. The predicted molar refractivity (Wildman–Crippen MR) is 74.8 cm³/mol. The lowest BCUT2D eigenvalue weighted by Crippen LogP contribution is -2.47. The summed E-state index contributed by atoms with van der Waals surface area (Å²) in [4.78, 5) is 14.0. The Balaban J connectivity index is 2.17. The second kappa shape index (κ2) is 7.59. The van der Waals surface area contributed by atoms with E-state index < -0.39 is 0 Å². The summed E-state index contributed by atoms with van der Waals surface area (Å²) in [7, 11) is 0.